The Kier molecular flexibility index (Phi) is 5.85. The van der Waals surface area contributed by atoms with Crippen LogP contribution in [-0.2, 0) is 14.4 Å². The van der Waals surface area contributed by atoms with E-state index in [-0.39, 0.29) is 47.4 Å². The molecule has 2 aliphatic carbocycles. The molecule has 4 rings (SSSR count). The standard InChI is InChI=1S/C23H34N6O5/c1-4-5-10-27-17(30)15(16(24)25)18(31)28(21(27)34)13-6-8-23(9-7-13)11-14(12-23)29-20(33)26-19(32)22(29,2)3/h13-14H,4-12,24-25H2,1-3H3,(H,26,32,33). The minimum atomic E-state index is -0.868. The van der Waals surface area contributed by atoms with Crippen molar-refractivity contribution in [2.75, 3.05) is 6.54 Å². The van der Waals surface area contributed by atoms with Gasteiger partial charge in [-0.25, -0.2) is 9.59 Å². The van der Waals surface area contributed by atoms with E-state index in [1.54, 1.807) is 18.7 Å². The average Bonchev–Trinajstić information content (AvgIpc) is 2.93. The van der Waals surface area contributed by atoms with Crippen LogP contribution >= 0.6 is 0 Å². The van der Waals surface area contributed by atoms with Gasteiger partial charge in [0.25, 0.3) is 17.7 Å². The fourth-order valence-corrected chi connectivity index (χ4v) is 6.03. The van der Waals surface area contributed by atoms with E-state index in [1.807, 2.05) is 6.92 Å². The zero-order valence-corrected chi connectivity index (χ0v) is 20.1. The molecule has 5 N–H and O–H groups in total. The van der Waals surface area contributed by atoms with Crippen molar-refractivity contribution in [3.05, 3.63) is 11.4 Å². The van der Waals surface area contributed by atoms with E-state index in [1.165, 1.54) is 4.90 Å². The number of hydrogen-bond acceptors (Lipinski definition) is 7. The molecule has 4 aliphatic rings. The molecule has 11 heteroatoms. The first-order chi connectivity index (χ1) is 15.9. The van der Waals surface area contributed by atoms with Crippen LogP contribution in [0.4, 0.5) is 9.59 Å². The summed E-state index contributed by atoms with van der Waals surface area (Å²) in [5.41, 5.74) is 10.1. The molecule has 0 atom stereocenters. The summed E-state index contributed by atoms with van der Waals surface area (Å²) in [6.07, 6.45) is 5.76. The van der Waals surface area contributed by atoms with Crippen molar-refractivity contribution in [1.29, 1.82) is 0 Å². The number of carbonyl (C=O) groups is 5. The third kappa shape index (κ3) is 3.61. The van der Waals surface area contributed by atoms with Gasteiger partial charge >= 0.3 is 12.1 Å². The Bertz CT molecular complexity index is 968. The van der Waals surface area contributed by atoms with E-state index in [9.17, 15) is 24.0 Å². The molecule has 4 fully saturated rings. The number of urea groups is 2. The number of nitrogens with two attached hydrogens (primary N) is 2. The van der Waals surface area contributed by atoms with Gasteiger partial charge < -0.3 is 16.4 Å². The minimum absolute atomic E-state index is 0.00928. The highest BCUT2D eigenvalue weighted by Crippen LogP contribution is 2.55. The Balaban J connectivity index is 1.44. The summed E-state index contributed by atoms with van der Waals surface area (Å²) in [6.45, 7) is 5.66. The summed E-state index contributed by atoms with van der Waals surface area (Å²) in [4.78, 5) is 67.3. The third-order valence-corrected chi connectivity index (χ3v) is 8.03. The van der Waals surface area contributed by atoms with Crippen LogP contribution < -0.4 is 16.8 Å². The van der Waals surface area contributed by atoms with Crippen LogP contribution in [0.3, 0.4) is 0 Å². The lowest BCUT2D eigenvalue weighted by molar-refractivity contribution is -0.139. The lowest BCUT2D eigenvalue weighted by atomic mass is 9.57. The fourth-order valence-electron chi connectivity index (χ4n) is 6.03. The van der Waals surface area contributed by atoms with Crippen LogP contribution in [0.2, 0.25) is 0 Å². The van der Waals surface area contributed by atoms with Crippen LogP contribution in [0.15, 0.2) is 11.4 Å². The number of barbiturate groups is 1. The van der Waals surface area contributed by atoms with E-state index in [4.69, 9.17) is 11.5 Å². The number of unbranched alkanes of at least 4 members (excludes halogenated alkanes) is 1. The van der Waals surface area contributed by atoms with Gasteiger partial charge in [0, 0.05) is 18.6 Å². The van der Waals surface area contributed by atoms with Crippen LogP contribution in [0, 0.1) is 5.41 Å². The molecule has 186 valence electrons. The predicted molar refractivity (Wildman–Crippen MR) is 121 cm³/mol. The highest BCUT2D eigenvalue weighted by Gasteiger charge is 2.57. The average molecular weight is 475 g/mol. The molecule has 0 aromatic carbocycles. The molecule has 0 bridgehead atoms. The molecule has 0 aromatic heterocycles. The molecule has 2 heterocycles. The molecule has 0 unspecified atom stereocenters. The number of nitrogens with zero attached hydrogens (tertiary/aromatic N) is 3. The van der Waals surface area contributed by atoms with Gasteiger partial charge in [0.15, 0.2) is 0 Å². The molecule has 0 radical (unpaired) electrons. The van der Waals surface area contributed by atoms with Crippen molar-refractivity contribution in [2.45, 2.75) is 89.8 Å². The maximum absolute atomic E-state index is 13.2. The second-order valence-electron chi connectivity index (χ2n) is 10.6. The number of rotatable bonds is 5. The van der Waals surface area contributed by atoms with Gasteiger partial charge in [-0.3, -0.25) is 29.5 Å². The molecule has 2 aliphatic heterocycles. The Morgan fingerprint density at radius 2 is 1.62 bits per heavy atom. The monoisotopic (exact) mass is 474 g/mol. The van der Waals surface area contributed by atoms with Crippen molar-refractivity contribution in [3.8, 4) is 0 Å². The second-order valence-corrected chi connectivity index (χ2v) is 10.6. The number of amides is 7. The molecule has 2 saturated carbocycles. The van der Waals surface area contributed by atoms with Crippen LogP contribution in [0.5, 0.6) is 0 Å². The van der Waals surface area contributed by atoms with Crippen LogP contribution in [0.1, 0.15) is 72.1 Å². The molecule has 11 nitrogen and oxygen atoms in total. The summed E-state index contributed by atoms with van der Waals surface area (Å²) in [5, 5.41) is 2.40. The minimum Gasteiger partial charge on any atom is -0.385 e. The molecule has 1 spiro atoms. The maximum atomic E-state index is 13.2. The number of hydrogen-bond donors (Lipinski definition) is 3. The lowest BCUT2D eigenvalue weighted by Gasteiger charge is -2.56. The first-order valence-corrected chi connectivity index (χ1v) is 12.0. The van der Waals surface area contributed by atoms with Crippen molar-refractivity contribution >= 4 is 29.8 Å². The Labute approximate surface area is 198 Å². The Hall–Kier alpha value is -3.11. The second kappa shape index (κ2) is 8.28. The van der Waals surface area contributed by atoms with E-state index in [0.717, 1.165) is 37.0 Å². The Morgan fingerprint density at radius 1 is 1.00 bits per heavy atom. The molecular weight excluding hydrogens is 440 g/mol. The molecule has 0 aromatic rings. The zero-order valence-electron chi connectivity index (χ0n) is 20.1. The van der Waals surface area contributed by atoms with Crippen LogP contribution in [-0.4, -0.2) is 68.7 Å². The third-order valence-electron chi connectivity index (χ3n) is 8.03. The molecule has 34 heavy (non-hydrogen) atoms. The van der Waals surface area contributed by atoms with Gasteiger partial charge in [0.1, 0.15) is 16.9 Å². The summed E-state index contributed by atoms with van der Waals surface area (Å²) in [6, 6.07) is -1.30. The van der Waals surface area contributed by atoms with Gasteiger partial charge in [-0.05, 0) is 64.2 Å². The number of nitrogens with one attached hydrogen (secondary N) is 1. The highest BCUT2D eigenvalue weighted by atomic mass is 16.2. The number of imide groups is 3. The largest absolute Gasteiger partial charge is 0.385 e. The maximum Gasteiger partial charge on any atom is 0.334 e. The highest BCUT2D eigenvalue weighted by molar-refractivity contribution is 6.29. The van der Waals surface area contributed by atoms with E-state index in [0.29, 0.717) is 19.3 Å². The number of carbonyl (C=O) groups excluding carboxylic acids is 5. The first kappa shape index (κ1) is 24.0. The van der Waals surface area contributed by atoms with Crippen molar-refractivity contribution in [1.82, 2.24) is 20.0 Å². The molecule has 7 amide bonds. The van der Waals surface area contributed by atoms with E-state index in [2.05, 4.69) is 5.32 Å². The van der Waals surface area contributed by atoms with Crippen molar-refractivity contribution < 1.29 is 24.0 Å². The van der Waals surface area contributed by atoms with E-state index < -0.39 is 23.4 Å². The predicted octanol–water partition coefficient (Wildman–Crippen LogP) is 1.13. The van der Waals surface area contributed by atoms with Crippen molar-refractivity contribution in [3.63, 3.8) is 0 Å². The normalized spacial score (nSPS) is 31.3. The van der Waals surface area contributed by atoms with Gasteiger partial charge in [-0.15, -0.1) is 0 Å². The SMILES string of the molecule is CCCCN1C(=O)C(=C(N)N)C(=O)N(C2CCC3(CC2)CC(N2C(=O)NC(=O)C2(C)C)C3)C1=O. The summed E-state index contributed by atoms with van der Waals surface area (Å²) >= 11 is 0. The quantitative estimate of drug-likeness (QED) is 0.306. The van der Waals surface area contributed by atoms with Crippen LogP contribution in [0.25, 0.3) is 0 Å². The summed E-state index contributed by atoms with van der Waals surface area (Å²) < 4.78 is 0. The lowest BCUT2D eigenvalue weighted by Crippen LogP contribution is -2.62. The molecule has 2 saturated heterocycles. The van der Waals surface area contributed by atoms with Gasteiger partial charge in [0.05, 0.1) is 0 Å². The Morgan fingerprint density at radius 3 is 2.12 bits per heavy atom. The molecular formula is C23H34N6O5. The topological polar surface area (TPSA) is 159 Å². The van der Waals surface area contributed by atoms with Gasteiger partial charge in [0.2, 0.25) is 0 Å². The smallest absolute Gasteiger partial charge is 0.334 e. The summed E-state index contributed by atoms with van der Waals surface area (Å²) in [5.74, 6) is -2.10. The fraction of sp³-hybridized carbons (Fsp3) is 0.696. The zero-order chi connectivity index (χ0) is 25.0. The first-order valence-electron chi connectivity index (χ1n) is 12.0. The summed E-state index contributed by atoms with van der Waals surface area (Å²) in [7, 11) is 0. The van der Waals surface area contributed by atoms with E-state index >= 15 is 0 Å². The van der Waals surface area contributed by atoms with Gasteiger partial charge in [-0.1, -0.05) is 13.3 Å². The van der Waals surface area contributed by atoms with Gasteiger partial charge in [-0.2, -0.15) is 0 Å². The van der Waals surface area contributed by atoms with Crippen molar-refractivity contribution in [2.24, 2.45) is 16.9 Å².